The van der Waals surface area contributed by atoms with E-state index >= 15 is 0 Å². The van der Waals surface area contributed by atoms with Crippen LogP contribution in [0.1, 0.15) is 36.6 Å². The Labute approximate surface area is 96.5 Å². The minimum absolute atomic E-state index is 0.417. The molecule has 1 aliphatic carbocycles. The van der Waals surface area contributed by atoms with Crippen molar-refractivity contribution in [1.29, 1.82) is 5.26 Å². The van der Waals surface area contributed by atoms with Gasteiger partial charge >= 0.3 is 0 Å². The van der Waals surface area contributed by atoms with Gasteiger partial charge in [0, 0.05) is 11.7 Å². The number of nitrogens with zero attached hydrogens (tertiary/aromatic N) is 2. The summed E-state index contributed by atoms with van der Waals surface area (Å²) < 4.78 is 0. The van der Waals surface area contributed by atoms with E-state index in [0.717, 1.165) is 23.0 Å². The number of anilines is 1. The van der Waals surface area contributed by atoms with Crippen molar-refractivity contribution in [1.82, 2.24) is 4.98 Å². The summed E-state index contributed by atoms with van der Waals surface area (Å²) >= 11 is 0. The number of aromatic nitrogens is 1. The fourth-order valence-electron chi connectivity index (χ4n) is 2.01. The molecule has 1 aliphatic rings. The van der Waals surface area contributed by atoms with Gasteiger partial charge in [0.05, 0.1) is 5.56 Å². The van der Waals surface area contributed by atoms with Crippen LogP contribution in [0.25, 0.3) is 0 Å². The molecule has 1 aromatic rings. The minimum Gasteiger partial charge on any atom is -0.366 e. The van der Waals surface area contributed by atoms with Crippen LogP contribution < -0.4 is 5.32 Å². The maximum absolute atomic E-state index is 9.13. The molecule has 0 radical (unpaired) electrons. The molecule has 2 rings (SSSR count). The fraction of sp³-hybridized carbons (Fsp3) is 0.538. The summed E-state index contributed by atoms with van der Waals surface area (Å²) in [6, 6.07) is 4.60. The molecular formula is C13H17N3. The zero-order valence-corrected chi connectivity index (χ0v) is 10.0. The molecule has 84 valence electrons. The first-order chi connectivity index (χ1) is 7.61. The molecule has 3 nitrogen and oxygen atoms in total. The van der Waals surface area contributed by atoms with Gasteiger partial charge in [-0.1, -0.05) is 0 Å². The molecule has 1 unspecified atom stereocenters. The fourth-order valence-corrected chi connectivity index (χ4v) is 2.01. The molecule has 1 heterocycles. The van der Waals surface area contributed by atoms with Crippen LogP contribution in [-0.2, 0) is 0 Å². The lowest BCUT2D eigenvalue weighted by atomic mass is 10.1. The first kappa shape index (κ1) is 10.9. The molecular weight excluding hydrogens is 198 g/mol. The van der Waals surface area contributed by atoms with Crippen molar-refractivity contribution in [3.8, 4) is 6.07 Å². The van der Waals surface area contributed by atoms with E-state index in [0.29, 0.717) is 11.6 Å². The number of aryl methyl sites for hydroxylation is 2. The summed E-state index contributed by atoms with van der Waals surface area (Å²) in [6.07, 6.45) is 2.59. The van der Waals surface area contributed by atoms with E-state index in [1.54, 1.807) is 0 Å². The van der Waals surface area contributed by atoms with Gasteiger partial charge in [-0.05, 0) is 51.2 Å². The lowest BCUT2D eigenvalue weighted by molar-refractivity contribution is 0.689. The van der Waals surface area contributed by atoms with Crippen LogP contribution in [-0.4, -0.2) is 11.0 Å². The van der Waals surface area contributed by atoms with Gasteiger partial charge in [0.15, 0.2) is 0 Å². The van der Waals surface area contributed by atoms with Crippen molar-refractivity contribution in [2.75, 3.05) is 5.32 Å². The highest BCUT2D eigenvalue weighted by Gasteiger charge is 2.28. The molecule has 0 saturated heterocycles. The Hall–Kier alpha value is -1.56. The van der Waals surface area contributed by atoms with E-state index in [9.17, 15) is 0 Å². The lowest BCUT2D eigenvalue weighted by Crippen LogP contribution is -2.19. The average molecular weight is 215 g/mol. The van der Waals surface area contributed by atoms with Gasteiger partial charge in [-0.15, -0.1) is 0 Å². The third-order valence-corrected chi connectivity index (χ3v) is 3.15. The number of hydrogen-bond acceptors (Lipinski definition) is 3. The van der Waals surface area contributed by atoms with Crippen LogP contribution in [0.15, 0.2) is 6.07 Å². The van der Waals surface area contributed by atoms with Crippen molar-refractivity contribution in [2.24, 2.45) is 5.92 Å². The Balaban J connectivity index is 2.27. The SMILES string of the molecule is Cc1cc(C)c(C#N)c(NC(C)C2CC2)n1. The maximum Gasteiger partial charge on any atom is 0.144 e. The van der Waals surface area contributed by atoms with Gasteiger partial charge in [-0.3, -0.25) is 0 Å². The number of nitriles is 1. The summed E-state index contributed by atoms with van der Waals surface area (Å²) in [6.45, 7) is 6.08. The molecule has 1 saturated carbocycles. The van der Waals surface area contributed by atoms with Crippen LogP contribution in [0.2, 0.25) is 0 Å². The van der Waals surface area contributed by atoms with Crippen LogP contribution in [0.5, 0.6) is 0 Å². The highest BCUT2D eigenvalue weighted by atomic mass is 15.0. The van der Waals surface area contributed by atoms with Crippen LogP contribution in [0, 0.1) is 31.1 Å². The second-order valence-corrected chi connectivity index (χ2v) is 4.69. The molecule has 0 amide bonds. The molecule has 1 fully saturated rings. The monoisotopic (exact) mass is 215 g/mol. The zero-order valence-electron chi connectivity index (χ0n) is 10.0. The Morgan fingerprint density at radius 1 is 1.50 bits per heavy atom. The number of nitrogens with one attached hydrogen (secondary N) is 1. The Morgan fingerprint density at radius 3 is 2.75 bits per heavy atom. The van der Waals surface area contributed by atoms with Gasteiger partial charge in [0.2, 0.25) is 0 Å². The van der Waals surface area contributed by atoms with Crippen LogP contribution in [0.4, 0.5) is 5.82 Å². The standard InChI is InChI=1S/C13H17N3/c1-8-6-9(2)15-13(12(8)7-14)16-10(3)11-4-5-11/h6,10-11H,4-5H2,1-3H3,(H,15,16). The van der Waals surface area contributed by atoms with Gasteiger partial charge in [0.1, 0.15) is 11.9 Å². The summed E-state index contributed by atoms with van der Waals surface area (Å²) in [5.41, 5.74) is 2.64. The van der Waals surface area contributed by atoms with E-state index in [1.807, 2.05) is 19.9 Å². The molecule has 0 aromatic carbocycles. The summed E-state index contributed by atoms with van der Waals surface area (Å²) in [5, 5.41) is 12.5. The third kappa shape index (κ3) is 2.16. The molecule has 1 N–H and O–H groups in total. The van der Waals surface area contributed by atoms with Gasteiger partial charge in [-0.2, -0.15) is 5.26 Å². The molecule has 0 bridgehead atoms. The largest absolute Gasteiger partial charge is 0.366 e. The Kier molecular flexibility index (Phi) is 2.82. The van der Waals surface area contributed by atoms with Crippen LogP contribution in [0.3, 0.4) is 0 Å². The Morgan fingerprint density at radius 2 is 2.19 bits per heavy atom. The lowest BCUT2D eigenvalue weighted by Gasteiger charge is -2.16. The molecule has 1 atom stereocenters. The normalized spacial score (nSPS) is 16.6. The first-order valence-corrected chi connectivity index (χ1v) is 5.76. The van der Waals surface area contributed by atoms with Crippen molar-refractivity contribution in [3.63, 3.8) is 0 Å². The topological polar surface area (TPSA) is 48.7 Å². The highest BCUT2D eigenvalue weighted by Crippen LogP contribution is 2.34. The Bertz CT molecular complexity index is 441. The predicted octanol–water partition coefficient (Wildman–Crippen LogP) is 2.78. The third-order valence-electron chi connectivity index (χ3n) is 3.15. The number of hydrogen-bond donors (Lipinski definition) is 1. The predicted molar refractivity (Wildman–Crippen MR) is 64.2 cm³/mol. The first-order valence-electron chi connectivity index (χ1n) is 5.76. The molecule has 16 heavy (non-hydrogen) atoms. The van der Waals surface area contributed by atoms with E-state index in [4.69, 9.17) is 5.26 Å². The van der Waals surface area contributed by atoms with Crippen molar-refractivity contribution >= 4 is 5.82 Å². The van der Waals surface area contributed by atoms with E-state index < -0.39 is 0 Å². The smallest absolute Gasteiger partial charge is 0.144 e. The summed E-state index contributed by atoms with van der Waals surface area (Å²) in [4.78, 5) is 4.42. The van der Waals surface area contributed by atoms with E-state index in [-0.39, 0.29) is 0 Å². The highest BCUT2D eigenvalue weighted by molar-refractivity contribution is 5.56. The van der Waals surface area contributed by atoms with Crippen molar-refractivity contribution < 1.29 is 0 Å². The van der Waals surface area contributed by atoms with Gasteiger partial charge < -0.3 is 5.32 Å². The molecule has 3 heteroatoms. The number of rotatable bonds is 3. The quantitative estimate of drug-likeness (QED) is 0.843. The number of pyridine rings is 1. The summed E-state index contributed by atoms with van der Waals surface area (Å²) in [5.74, 6) is 1.51. The molecule has 1 aromatic heterocycles. The van der Waals surface area contributed by atoms with E-state index in [2.05, 4.69) is 23.3 Å². The van der Waals surface area contributed by atoms with Gasteiger partial charge in [0.25, 0.3) is 0 Å². The van der Waals surface area contributed by atoms with E-state index in [1.165, 1.54) is 12.8 Å². The minimum atomic E-state index is 0.417. The van der Waals surface area contributed by atoms with Gasteiger partial charge in [-0.25, -0.2) is 4.98 Å². The maximum atomic E-state index is 9.13. The second kappa shape index (κ2) is 4.13. The average Bonchev–Trinajstić information content (AvgIpc) is 2.99. The molecule has 0 aliphatic heterocycles. The molecule has 0 spiro atoms. The van der Waals surface area contributed by atoms with Crippen LogP contribution >= 0.6 is 0 Å². The van der Waals surface area contributed by atoms with Crippen molar-refractivity contribution in [2.45, 2.75) is 39.7 Å². The zero-order chi connectivity index (χ0) is 11.7. The second-order valence-electron chi connectivity index (χ2n) is 4.69. The summed E-state index contributed by atoms with van der Waals surface area (Å²) in [7, 11) is 0. The van der Waals surface area contributed by atoms with Crippen molar-refractivity contribution in [3.05, 3.63) is 22.9 Å².